The van der Waals surface area contributed by atoms with E-state index in [1.54, 1.807) is 11.1 Å². The van der Waals surface area contributed by atoms with Crippen LogP contribution in [0.5, 0.6) is 5.75 Å². The molecule has 33 heavy (non-hydrogen) atoms. The highest BCUT2D eigenvalue weighted by Gasteiger charge is 2.51. The number of nitrogens with one attached hydrogen (secondary N) is 1. The lowest BCUT2D eigenvalue weighted by Gasteiger charge is -2.48. The molecule has 2 amide bonds. The molecule has 8 heteroatoms. The summed E-state index contributed by atoms with van der Waals surface area (Å²) in [5.41, 5.74) is 0.668. The van der Waals surface area contributed by atoms with Gasteiger partial charge in [0.25, 0.3) is 0 Å². The van der Waals surface area contributed by atoms with E-state index in [2.05, 4.69) is 10.3 Å². The van der Waals surface area contributed by atoms with Gasteiger partial charge in [0.2, 0.25) is 0 Å². The Bertz CT molecular complexity index is 1060. The molecule has 3 aliphatic rings. The van der Waals surface area contributed by atoms with Crippen LogP contribution in [0, 0.1) is 18.6 Å². The molecular formula is C25H30F2N4O2. The fraction of sp³-hybridized carbons (Fsp3) is 0.520. The maximum Gasteiger partial charge on any atom is 0.323 e. The monoisotopic (exact) mass is 456 g/mol. The van der Waals surface area contributed by atoms with Gasteiger partial charge in [0, 0.05) is 11.6 Å². The number of aryl methyl sites for hydroxylation is 1. The van der Waals surface area contributed by atoms with E-state index in [0.717, 1.165) is 30.2 Å². The van der Waals surface area contributed by atoms with E-state index in [1.165, 1.54) is 12.1 Å². The average molecular weight is 457 g/mol. The molecule has 1 aromatic carbocycles. The van der Waals surface area contributed by atoms with Crippen molar-refractivity contribution in [1.82, 2.24) is 15.2 Å². The molecule has 176 valence electrons. The van der Waals surface area contributed by atoms with Gasteiger partial charge >= 0.3 is 6.03 Å². The molecule has 2 aromatic rings. The molecule has 1 aromatic heterocycles. The Kier molecular flexibility index (Phi) is 5.31. The highest BCUT2D eigenvalue weighted by atomic mass is 19.1. The molecule has 0 radical (unpaired) electrons. The molecule has 1 aliphatic heterocycles. The summed E-state index contributed by atoms with van der Waals surface area (Å²) >= 11 is 0. The van der Waals surface area contributed by atoms with E-state index in [-0.39, 0.29) is 11.6 Å². The Labute approximate surface area is 192 Å². The van der Waals surface area contributed by atoms with Gasteiger partial charge in [0.05, 0.1) is 24.4 Å². The number of ether oxygens (including phenoxy) is 1. The number of carbonyl (C=O) groups is 1. The third-order valence-electron chi connectivity index (χ3n) is 7.48. The third-order valence-corrected chi connectivity index (χ3v) is 7.48. The van der Waals surface area contributed by atoms with Crippen LogP contribution in [-0.4, -0.2) is 48.2 Å². The minimum absolute atomic E-state index is 0.157. The van der Waals surface area contributed by atoms with Gasteiger partial charge in [-0.1, -0.05) is 0 Å². The van der Waals surface area contributed by atoms with Crippen LogP contribution in [0.3, 0.4) is 0 Å². The molecule has 2 heterocycles. The first kappa shape index (κ1) is 22.1. The molecule has 0 bridgehead atoms. The van der Waals surface area contributed by atoms with Gasteiger partial charge in [0.15, 0.2) is 0 Å². The summed E-state index contributed by atoms with van der Waals surface area (Å²) in [4.78, 5) is 21.3. The normalized spacial score (nSPS) is 27.3. The second kappa shape index (κ2) is 7.94. The Morgan fingerprint density at radius 3 is 2.33 bits per heavy atom. The van der Waals surface area contributed by atoms with E-state index in [0.29, 0.717) is 49.7 Å². The molecule has 3 fully saturated rings. The fourth-order valence-corrected chi connectivity index (χ4v) is 5.39. The summed E-state index contributed by atoms with van der Waals surface area (Å²) in [6.07, 6.45) is 6.90. The number of amides is 2. The zero-order chi connectivity index (χ0) is 23.4. The zero-order valence-electron chi connectivity index (χ0n) is 19.3. The number of urea groups is 1. The van der Waals surface area contributed by atoms with Crippen molar-refractivity contribution in [2.75, 3.05) is 25.5 Å². The first-order chi connectivity index (χ1) is 15.7. The second-order valence-electron chi connectivity index (χ2n) is 10.0. The van der Waals surface area contributed by atoms with Crippen molar-refractivity contribution in [1.29, 1.82) is 0 Å². The van der Waals surface area contributed by atoms with Crippen LogP contribution in [-0.2, 0) is 5.54 Å². The Balaban J connectivity index is 1.35. The van der Waals surface area contributed by atoms with Gasteiger partial charge in [-0.15, -0.1) is 0 Å². The lowest BCUT2D eigenvalue weighted by Crippen LogP contribution is -2.54. The van der Waals surface area contributed by atoms with E-state index in [1.807, 2.05) is 32.0 Å². The number of anilines is 1. The van der Waals surface area contributed by atoms with Gasteiger partial charge in [0.1, 0.15) is 23.2 Å². The third kappa shape index (κ3) is 4.05. The maximum atomic E-state index is 14.0. The SMILES string of the molecule is Cc1cc(OC2CC2)cnc1N1CC2(CCC(c3cc(F)cc(F)c3)(N(C)C)CC2)NC1=O. The minimum Gasteiger partial charge on any atom is -0.489 e. The smallest absolute Gasteiger partial charge is 0.323 e. The standard InChI is InChI=1S/C25H30F2N4O2/c1-16-10-21(33-20-4-5-20)14-28-22(16)31-15-24(29-23(31)32)6-8-25(9-7-24,30(2)3)17-11-18(26)13-19(27)12-17/h10-14,20H,4-9,15H2,1-3H3,(H,29,32). The molecule has 2 aliphatic carbocycles. The van der Waals surface area contributed by atoms with E-state index in [4.69, 9.17) is 4.74 Å². The van der Waals surface area contributed by atoms with Crippen molar-refractivity contribution in [3.63, 3.8) is 0 Å². The molecule has 0 atom stereocenters. The van der Waals surface area contributed by atoms with Gasteiger partial charge in [-0.2, -0.15) is 0 Å². The number of hydrogen-bond acceptors (Lipinski definition) is 4. The first-order valence-electron chi connectivity index (χ1n) is 11.6. The number of benzene rings is 1. The molecule has 6 nitrogen and oxygen atoms in total. The van der Waals surface area contributed by atoms with E-state index in [9.17, 15) is 13.6 Å². The summed E-state index contributed by atoms with van der Waals surface area (Å²) in [5, 5.41) is 3.20. The largest absolute Gasteiger partial charge is 0.489 e. The number of rotatable bonds is 5. The molecule has 0 unspecified atom stereocenters. The van der Waals surface area contributed by atoms with Crippen molar-refractivity contribution in [2.45, 2.75) is 62.6 Å². The van der Waals surface area contributed by atoms with Crippen LogP contribution in [0.1, 0.15) is 49.7 Å². The van der Waals surface area contributed by atoms with Crippen LogP contribution >= 0.6 is 0 Å². The lowest BCUT2D eigenvalue weighted by atomic mass is 9.69. The molecule has 2 saturated carbocycles. The highest BCUT2D eigenvalue weighted by Crippen LogP contribution is 2.46. The van der Waals surface area contributed by atoms with Crippen LogP contribution in [0.25, 0.3) is 0 Å². The van der Waals surface area contributed by atoms with Crippen LogP contribution in [0.4, 0.5) is 19.4 Å². The topological polar surface area (TPSA) is 57.7 Å². The minimum atomic E-state index is -0.567. The molecule has 1 N–H and O–H groups in total. The number of nitrogens with zero attached hydrogens (tertiary/aromatic N) is 3. The van der Waals surface area contributed by atoms with Crippen molar-refractivity contribution in [2.24, 2.45) is 0 Å². The fourth-order valence-electron chi connectivity index (χ4n) is 5.39. The molecule has 1 saturated heterocycles. The van der Waals surface area contributed by atoms with Crippen molar-refractivity contribution in [3.05, 3.63) is 53.2 Å². The average Bonchev–Trinajstić information content (AvgIpc) is 3.50. The quantitative estimate of drug-likeness (QED) is 0.719. The van der Waals surface area contributed by atoms with Crippen LogP contribution in [0.2, 0.25) is 0 Å². The summed E-state index contributed by atoms with van der Waals surface area (Å²) in [6, 6.07) is 5.55. The van der Waals surface area contributed by atoms with Gasteiger partial charge in [-0.25, -0.2) is 18.6 Å². The Morgan fingerprint density at radius 1 is 1.09 bits per heavy atom. The number of pyridine rings is 1. The van der Waals surface area contributed by atoms with E-state index >= 15 is 0 Å². The summed E-state index contributed by atoms with van der Waals surface area (Å²) in [7, 11) is 3.89. The van der Waals surface area contributed by atoms with Crippen molar-refractivity contribution < 1.29 is 18.3 Å². The predicted octanol–water partition coefficient (Wildman–Crippen LogP) is 4.51. The first-order valence-corrected chi connectivity index (χ1v) is 11.6. The van der Waals surface area contributed by atoms with Crippen LogP contribution < -0.4 is 15.0 Å². The van der Waals surface area contributed by atoms with Gasteiger partial charge in [-0.05, 0) is 88.9 Å². The lowest BCUT2D eigenvalue weighted by molar-refractivity contribution is 0.0652. The Hall–Kier alpha value is -2.74. The molecule has 5 rings (SSSR count). The second-order valence-corrected chi connectivity index (χ2v) is 10.0. The Morgan fingerprint density at radius 2 is 1.76 bits per heavy atom. The summed E-state index contributed by atoms with van der Waals surface area (Å²) < 4.78 is 33.8. The summed E-state index contributed by atoms with van der Waals surface area (Å²) in [5.74, 6) is 0.248. The van der Waals surface area contributed by atoms with Crippen LogP contribution in [0.15, 0.2) is 30.5 Å². The number of halogens is 2. The number of carbonyl (C=O) groups excluding carboxylic acids is 1. The molecule has 1 spiro atoms. The molecular weight excluding hydrogens is 426 g/mol. The van der Waals surface area contributed by atoms with Crippen molar-refractivity contribution >= 4 is 11.8 Å². The van der Waals surface area contributed by atoms with Crippen molar-refractivity contribution in [3.8, 4) is 5.75 Å². The number of aromatic nitrogens is 1. The van der Waals surface area contributed by atoms with Gasteiger partial charge < -0.3 is 10.1 Å². The number of hydrogen-bond donors (Lipinski definition) is 1. The predicted molar refractivity (Wildman–Crippen MR) is 121 cm³/mol. The zero-order valence-corrected chi connectivity index (χ0v) is 19.3. The summed E-state index contributed by atoms with van der Waals surface area (Å²) in [6.45, 7) is 2.46. The highest BCUT2D eigenvalue weighted by molar-refractivity contribution is 5.95. The van der Waals surface area contributed by atoms with E-state index < -0.39 is 17.2 Å². The van der Waals surface area contributed by atoms with Gasteiger partial charge in [-0.3, -0.25) is 9.80 Å². The maximum absolute atomic E-state index is 14.0.